The molecule has 112 valence electrons. The molecule has 2 rings (SSSR count). The summed E-state index contributed by atoms with van der Waals surface area (Å²) in [6.07, 6.45) is -0.888. The van der Waals surface area contributed by atoms with Crippen LogP contribution in [0.25, 0.3) is 0 Å². The van der Waals surface area contributed by atoms with Crippen molar-refractivity contribution in [1.29, 1.82) is 0 Å². The molecule has 0 aromatic heterocycles. The minimum absolute atomic E-state index is 0.0281. The van der Waals surface area contributed by atoms with Crippen LogP contribution in [-0.2, 0) is 4.74 Å². The number of aliphatic hydroxyl groups excluding tert-OH is 1. The molecule has 6 heteroatoms. The molecule has 3 atom stereocenters. The third kappa shape index (κ3) is 3.83. The van der Waals surface area contributed by atoms with E-state index in [4.69, 9.17) is 4.74 Å². The fraction of sp³-hybridized carbons (Fsp3) is 1.00. The smallest absolute Gasteiger partial charge is 0.391 e. The van der Waals surface area contributed by atoms with Crippen LogP contribution >= 0.6 is 0 Å². The molecule has 0 aromatic rings. The van der Waals surface area contributed by atoms with Crippen molar-refractivity contribution >= 4 is 0 Å². The second-order valence-electron chi connectivity index (χ2n) is 5.79. The summed E-state index contributed by atoms with van der Waals surface area (Å²) in [5.74, 6) is -1.30. The van der Waals surface area contributed by atoms with Gasteiger partial charge in [-0.2, -0.15) is 13.2 Å². The third-order valence-electron chi connectivity index (χ3n) is 4.34. The van der Waals surface area contributed by atoms with Gasteiger partial charge < -0.3 is 15.2 Å². The lowest BCUT2D eigenvalue weighted by Crippen LogP contribution is -2.55. The molecule has 3 unspecified atom stereocenters. The second-order valence-corrected chi connectivity index (χ2v) is 5.79. The predicted octanol–water partition coefficient (Wildman–Crippen LogP) is 2.24. The molecule has 3 nitrogen and oxygen atoms in total. The predicted molar refractivity (Wildman–Crippen MR) is 64.8 cm³/mol. The minimum atomic E-state index is -4.16. The number of hydrogen-bond acceptors (Lipinski definition) is 3. The first-order chi connectivity index (χ1) is 8.95. The highest BCUT2D eigenvalue weighted by atomic mass is 19.4. The highest BCUT2D eigenvalue weighted by molar-refractivity contribution is 4.95. The molecular formula is C13H22F3NO2. The molecule has 2 N–H and O–H groups in total. The summed E-state index contributed by atoms with van der Waals surface area (Å²) in [5, 5.41) is 12.7. The standard InChI is InChI=1S/C13H22F3NO2/c14-13(15,16)10-3-1-5-12(7-10,9-18)17-8-11-4-2-6-19-11/h10-11,17-18H,1-9H2. The first kappa shape index (κ1) is 15.1. The largest absolute Gasteiger partial charge is 0.394 e. The molecule has 0 aromatic carbocycles. The average molecular weight is 281 g/mol. The highest BCUT2D eigenvalue weighted by Gasteiger charge is 2.47. The van der Waals surface area contributed by atoms with Crippen LogP contribution in [-0.4, -0.2) is 42.7 Å². The Hall–Kier alpha value is -0.330. The van der Waals surface area contributed by atoms with Crippen molar-refractivity contribution in [2.45, 2.75) is 56.3 Å². The second kappa shape index (κ2) is 5.97. The van der Waals surface area contributed by atoms with Crippen molar-refractivity contribution in [1.82, 2.24) is 5.32 Å². The van der Waals surface area contributed by atoms with Crippen LogP contribution in [0.3, 0.4) is 0 Å². The Bertz CT molecular complexity index is 292. The van der Waals surface area contributed by atoms with Crippen LogP contribution in [0, 0.1) is 5.92 Å². The van der Waals surface area contributed by atoms with Gasteiger partial charge in [-0.25, -0.2) is 0 Å². The van der Waals surface area contributed by atoms with Gasteiger partial charge in [0.15, 0.2) is 0 Å². The summed E-state index contributed by atoms with van der Waals surface area (Å²) in [7, 11) is 0. The first-order valence-electron chi connectivity index (χ1n) is 6.99. The fourth-order valence-electron chi connectivity index (χ4n) is 3.14. The lowest BCUT2D eigenvalue weighted by molar-refractivity contribution is -0.190. The number of hydrogen-bond donors (Lipinski definition) is 2. The molecule has 2 fully saturated rings. The number of ether oxygens (including phenoxy) is 1. The lowest BCUT2D eigenvalue weighted by Gasteiger charge is -2.41. The Labute approximate surface area is 111 Å². The number of alkyl halides is 3. The van der Waals surface area contributed by atoms with Crippen molar-refractivity contribution in [3.05, 3.63) is 0 Å². The van der Waals surface area contributed by atoms with Gasteiger partial charge in [-0.1, -0.05) is 6.42 Å². The van der Waals surface area contributed by atoms with Gasteiger partial charge >= 0.3 is 6.18 Å². The van der Waals surface area contributed by atoms with Gasteiger partial charge in [0.1, 0.15) is 0 Å². The summed E-state index contributed by atoms with van der Waals surface area (Å²) in [6.45, 7) is 1.01. The number of halogens is 3. The zero-order valence-corrected chi connectivity index (χ0v) is 11.0. The van der Waals surface area contributed by atoms with Gasteiger partial charge in [-0.05, 0) is 32.1 Å². The monoisotopic (exact) mass is 281 g/mol. The highest BCUT2D eigenvalue weighted by Crippen LogP contribution is 2.41. The van der Waals surface area contributed by atoms with Gasteiger partial charge in [0.25, 0.3) is 0 Å². The Morgan fingerprint density at radius 1 is 1.26 bits per heavy atom. The van der Waals surface area contributed by atoms with E-state index in [1.54, 1.807) is 0 Å². The van der Waals surface area contributed by atoms with E-state index in [-0.39, 0.29) is 25.6 Å². The molecule has 0 spiro atoms. The van der Waals surface area contributed by atoms with Gasteiger partial charge in [-0.3, -0.25) is 0 Å². The van der Waals surface area contributed by atoms with E-state index < -0.39 is 17.6 Å². The molecule has 0 radical (unpaired) electrons. The van der Waals surface area contributed by atoms with Gasteiger partial charge in [0, 0.05) is 18.7 Å². The van der Waals surface area contributed by atoms with Crippen LogP contribution in [0.1, 0.15) is 38.5 Å². The molecule has 0 bridgehead atoms. The Kier molecular flexibility index (Phi) is 4.74. The number of nitrogens with one attached hydrogen (secondary N) is 1. The van der Waals surface area contributed by atoms with Crippen LogP contribution in [0.2, 0.25) is 0 Å². The van der Waals surface area contributed by atoms with Crippen molar-refractivity contribution in [2.75, 3.05) is 19.8 Å². The molecule has 1 heterocycles. The number of aliphatic hydroxyl groups is 1. The molecule has 19 heavy (non-hydrogen) atoms. The summed E-state index contributed by atoms with van der Waals surface area (Å²) in [6, 6.07) is 0. The fourth-order valence-corrected chi connectivity index (χ4v) is 3.14. The van der Waals surface area contributed by atoms with Crippen molar-refractivity contribution in [2.24, 2.45) is 5.92 Å². The van der Waals surface area contributed by atoms with E-state index in [1.807, 2.05) is 0 Å². The van der Waals surface area contributed by atoms with Crippen LogP contribution in [0.15, 0.2) is 0 Å². The molecule has 2 aliphatic rings. The van der Waals surface area contributed by atoms with Gasteiger partial charge in [0.05, 0.1) is 18.6 Å². The Balaban J connectivity index is 1.92. The van der Waals surface area contributed by atoms with Crippen molar-refractivity contribution in [3.8, 4) is 0 Å². The van der Waals surface area contributed by atoms with Crippen LogP contribution < -0.4 is 5.32 Å². The lowest BCUT2D eigenvalue weighted by atomic mass is 9.75. The maximum Gasteiger partial charge on any atom is 0.391 e. The van der Waals surface area contributed by atoms with E-state index in [0.717, 1.165) is 19.4 Å². The van der Waals surface area contributed by atoms with E-state index in [2.05, 4.69) is 5.32 Å². The third-order valence-corrected chi connectivity index (χ3v) is 4.34. The average Bonchev–Trinajstić information content (AvgIpc) is 2.89. The zero-order chi connectivity index (χ0) is 13.9. The topological polar surface area (TPSA) is 41.5 Å². The summed E-state index contributed by atoms with van der Waals surface area (Å²) < 4.78 is 43.9. The maximum absolute atomic E-state index is 12.8. The maximum atomic E-state index is 12.8. The van der Waals surface area contributed by atoms with E-state index in [1.165, 1.54) is 0 Å². The quantitative estimate of drug-likeness (QED) is 0.830. The zero-order valence-electron chi connectivity index (χ0n) is 11.0. The Morgan fingerprint density at radius 3 is 2.63 bits per heavy atom. The minimum Gasteiger partial charge on any atom is -0.394 e. The van der Waals surface area contributed by atoms with Gasteiger partial charge in [0.2, 0.25) is 0 Å². The summed E-state index contributed by atoms with van der Waals surface area (Å²) in [5.41, 5.74) is -0.787. The van der Waals surface area contributed by atoms with E-state index >= 15 is 0 Å². The van der Waals surface area contributed by atoms with Crippen LogP contribution in [0.4, 0.5) is 13.2 Å². The molecule has 1 saturated heterocycles. The molecule has 0 amide bonds. The van der Waals surface area contributed by atoms with Crippen LogP contribution in [0.5, 0.6) is 0 Å². The van der Waals surface area contributed by atoms with E-state index in [9.17, 15) is 18.3 Å². The Morgan fingerprint density at radius 2 is 2.05 bits per heavy atom. The van der Waals surface area contributed by atoms with E-state index in [0.29, 0.717) is 19.4 Å². The number of rotatable bonds is 4. The molecule has 1 aliphatic carbocycles. The SMILES string of the molecule is OCC1(NCC2CCCO2)CCCC(C(F)(F)F)C1. The molecule has 1 saturated carbocycles. The molecular weight excluding hydrogens is 259 g/mol. The summed E-state index contributed by atoms with van der Waals surface area (Å²) >= 11 is 0. The normalized spacial score (nSPS) is 36.6. The summed E-state index contributed by atoms with van der Waals surface area (Å²) in [4.78, 5) is 0. The van der Waals surface area contributed by atoms with Gasteiger partial charge in [-0.15, -0.1) is 0 Å². The van der Waals surface area contributed by atoms with Crippen molar-refractivity contribution in [3.63, 3.8) is 0 Å². The van der Waals surface area contributed by atoms with Crippen molar-refractivity contribution < 1.29 is 23.0 Å². The molecule has 1 aliphatic heterocycles. The first-order valence-corrected chi connectivity index (χ1v) is 6.99.